The molecule has 20 heavy (non-hydrogen) atoms. The van der Waals surface area contributed by atoms with Gasteiger partial charge in [0.15, 0.2) is 0 Å². The van der Waals surface area contributed by atoms with Crippen LogP contribution in [0.1, 0.15) is 18.4 Å². The number of carbonyl (C=O) groups excluding carboxylic acids is 2. The summed E-state index contributed by atoms with van der Waals surface area (Å²) >= 11 is 0. The number of benzene rings is 1. The molecular weight excluding hydrogens is 250 g/mol. The monoisotopic (exact) mass is 267 g/mol. The Morgan fingerprint density at radius 2 is 1.60 bits per heavy atom. The predicted molar refractivity (Wildman–Crippen MR) is 76.0 cm³/mol. The fraction of sp³-hybridized carbons (Fsp3) is 0.412. The third-order valence-electron chi connectivity index (χ3n) is 5.02. The van der Waals surface area contributed by atoms with Crippen molar-refractivity contribution >= 4 is 17.5 Å². The van der Waals surface area contributed by atoms with Crippen molar-refractivity contribution in [2.24, 2.45) is 23.7 Å². The minimum absolute atomic E-state index is 0.00431. The van der Waals surface area contributed by atoms with E-state index in [0.717, 1.165) is 24.1 Å². The van der Waals surface area contributed by atoms with Crippen molar-refractivity contribution in [2.75, 3.05) is 4.90 Å². The van der Waals surface area contributed by atoms with Crippen LogP contribution in [0, 0.1) is 30.6 Å². The average molecular weight is 267 g/mol. The molecule has 0 spiro atoms. The zero-order valence-electron chi connectivity index (χ0n) is 11.5. The SMILES string of the molecule is Cc1cccc(N2C(=O)[C@@H]3[C@H](C2=O)[C@@H]2C=C[C@H]3CC2)c1. The highest BCUT2D eigenvalue weighted by atomic mass is 16.2. The third kappa shape index (κ3) is 1.46. The molecule has 0 N–H and O–H groups in total. The molecule has 2 bridgehead atoms. The van der Waals surface area contributed by atoms with Gasteiger partial charge in [0.1, 0.15) is 0 Å². The lowest BCUT2D eigenvalue weighted by Crippen LogP contribution is -2.38. The Balaban J connectivity index is 1.77. The first-order valence-electron chi connectivity index (χ1n) is 7.29. The van der Waals surface area contributed by atoms with Crippen molar-refractivity contribution in [3.05, 3.63) is 42.0 Å². The molecule has 5 rings (SSSR count). The van der Waals surface area contributed by atoms with Crippen molar-refractivity contribution in [1.82, 2.24) is 0 Å². The molecule has 1 saturated carbocycles. The minimum atomic E-state index is -0.119. The molecular formula is C17H17NO2. The Morgan fingerprint density at radius 3 is 2.10 bits per heavy atom. The number of imide groups is 1. The highest BCUT2D eigenvalue weighted by Gasteiger charge is 2.56. The fourth-order valence-corrected chi connectivity index (χ4v) is 4.10. The standard InChI is InChI=1S/C17H17NO2/c1-10-3-2-4-13(9-10)18-16(19)14-11-5-6-12(8-7-11)15(14)17(18)20/h2-6,9,11-12,14-15H,7-8H2,1H3/t11-,12+,14-,15+. The number of fused-ring (bicyclic) bond motifs is 1. The molecule has 0 radical (unpaired) electrons. The van der Waals surface area contributed by atoms with Gasteiger partial charge in [-0.1, -0.05) is 24.3 Å². The molecule has 4 aliphatic rings. The second-order valence-corrected chi connectivity index (χ2v) is 6.19. The Morgan fingerprint density at radius 1 is 1.00 bits per heavy atom. The van der Waals surface area contributed by atoms with E-state index in [1.54, 1.807) is 0 Å². The van der Waals surface area contributed by atoms with Gasteiger partial charge in [-0.25, -0.2) is 0 Å². The van der Waals surface area contributed by atoms with Crippen LogP contribution in [-0.4, -0.2) is 11.8 Å². The molecule has 1 aromatic rings. The van der Waals surface area contributed by atoms with Gasteiger partial charge < -0.3 is 0 Å². The number of rotatable bonds is 1. The van der Waals surface area contributed by atoms with Crippen LogP contribution in [0.2, 0.25) is 0 Å². The maximum atomic E-state index is 12.7. The normalized spacial score (nSPS) is 34.8. The number of amides is 2. The van der Waals surface area contributed by atoms with Gasteiger partial charge in [-0.3, -0.25) is 14.5 Å². The van der Waals surface area contributed by atoms with Gasteiger partial charge in [-0.15, -0.1) is 0 Å². The van der Waals surface area contributed by atoms with Crippen LogP contribution in [0.5, 0.6) is 0 Å². The largest absolute Gasteiger partial charge is 0.274 e. The summed E-state index contributed by atoms with van der Waals surface area (Å²) in [4.78, 5) is 26.9. The summed E-state index contributed by atoms with van der Waals surface area (Å²) in [6.45, 7) is 1.98. The van der Waals surface area contributed by atoms with Gasteiger partial charge in [0.05, 0.1) is 17.5 Å². The highest BCUT2D eigenvalue weighted by molar-refractivity contribution is 6.22. The van der Waals surface area contributed by atoms with Gasteiger partial charge in [-0.2, -0.15) is 0 Å². The number of carbonyl (C=O) groups is 2. The van der Waals surface area contributed by atoms with Crippen LogP contribution < -0.4 is 4.90 Å². The maximum absolute atomic E-state index is 12.7. The van der Waals surface area contributed by atoms with E-state index in [1.807, 2.05) is 31.2 Å². The van der Waals surface area contributed by atoms with Crippen molar-refractivity contribution in [1.29, 1.82) is 0 Å². The first kappa shape index (κ1) is 11.9. The molecule has 4 atom stereocenters. The van der Waals surface area contributed by atoms with Crippen molar-refractivity contribution < 1.29 is 9.59 Å². The molecule has 102 valence electrons. The van der Waals surface area contributed by atoms with Gasteiger partial charge in [0, 0.05) is 0 Å². The van der Waals surface area contributed by atoms with E-state index in [2.05, 4.69) is 12.2 Å². The number of allylic oxidation sites excluding steroid dienone is 2. The zero-order chi connectivity index (χ0) is 13.9. The van der Waals surface area contributed by atoms with E-state index >= 15 is 0 Å². The molecule has 1 aromatic carbocycles. The second kappa shape index (κ2) is 4.05. The summed E-state index contributed by atoms with van der Waals surface area (Å²) in [7, 11) is 0. The van der Waals surface area contributed by atoms with Crippen LogP contribution in [0.4, 0.5) is 5.69 Å². The minimum Gasteiger partial charge on any atom is -0.274 e. The Labute approximate surface area is 118 Å². The summed E-state index contributed by atoms with van der Waals surface area (Å²) in [5.41, 5.74) is 1.80. The van der Waals surface area contributed by atoms with Crippen LogP contribution in [-0.2, 0) is 9.59 Å². The lowest BCUT2D eigenvalue weighted by molar-refractivity contribution is -0.124. The number of nitrogens with zero attached hydrogens (tertiary/aromatic N) is 1. The molecule has 1 aliphatic heterocycles. The summed E-state index contributed by atoms with van der Waals surface area (Å²) in [5.74, 6) is 0.292. The second-order valence-electron chi connectivity index (χ2n) is 6.19. The zero-order valence-corrected chi connectivity index (χ0v) is 11.5. The predicted octanol–water partition coefficient (Wildman–Crippen LogP) is 2.70. The van der Waals surface area contributed by atoms with Gasteiger partial charge in [0.2, 0.25) is 11.8 Å². The molecule has 2 fully saturated rings. The molecule has 3 nitrogen and oxygen atoms in total. The summed E-state index contributed by atoms with van der Waals surface area (Å²) in [6, 6.07) is 7.66. The summed E-state index contributed by atoms with van der Waals surface area (Å²) in [5, 5.41) is 0. The third-order valence-corrected chi connectivity index (χ3v) is 5.02. The van der Waals surface area contributed by atoms with E-state index in [1.165, 1.54) is 4.90 Å². The first-order chi connectivity index (χ1) is 9.66. The first-order valence-corrected chi connectivity index (χ1v) is 7.29. The summed E-state index contributed by atoms with van der Waals surface area (Å²) in [6.07, 6.45) is 6.40. The van der Waals surface area contributed by atoms with E-state index in [4.69, 9.17) is 0 Å². The van der Waals surface area contributed by atoms with E-state index < -0.39 is 0 Å². The molecule has 0 aromatic heterocycles. The molecule has 3 heteroatoms. The Kier molecular flexibility index (Phi) is 2.40. The number of hydrogen-bond acceptors (Lipinski definition) is 2. The number of anilines is 1. The molecule has 1 heterocycles. The molecule has 3 aliphatic carbocycles. The fourth-order valence-electron chi connectivity index (χ4n) is 4.10. The number of aryl methyl sites for hydroxylation is 1. The van der Waals surface area contributed by atoms with Crippen LogP contribution in [0.25, 0.3) is 0 Å². The van der Waals surface area contributed by atoms with Gasteiger partial charge in [0.25, 0.3) is 0 Å². The van der Waals surface area contributed by atoms with E-state index in [-0.39, 0.29) is 35.5 Å². The van der Waals surface area contributed by atoms with Crippen molar-refractivity contribution in [3.8, 4) is 0 Å². The van der Waals surface area contributed by atoms with Crippen LogP contribution >= 0.6 is 0 Å². The lowest BCUT2D eigenvalue weighted by Gasteiger charge is -2.38. The molecule has 0 unspecified atom stereocenters. The van der Waals surface area contributed by atoms with Crippen LogP contribution in [0.3, 0.4) is 0 Å². The highest BCUT2D eigenvalue weighted by Crippen LogP contribution is 2.50. The van der Waals surface area contributed by atoms with Crippen molar-refractivity contribution in [2.45, 2.75) is 19.8 Å². The van der Waals surface area contributed by atoms with Gasteiger partial charge in [-0.05, 0) is 49.3 Å². The number of hydrogen-bond donors (Lipinski definition) is 0. The van der Waals surface area contributed by atoms with Crippen LogP contribution in [0.15, 0.2) is 36.4 Å². The summed E-state index contributed by atoms with van der Waals surface area (Å²) < 4.78 is 0. The molecule has 1 saturated heterocycles. The average Bonchev–Trinajstić information content (AvgIpc) is 2.74. The lowest BCUT2D eigenvalue weighted by atomic mass is 9.63. The van der Waals surface area contributed by atoms with E-state index in [0.29, 0.717) is 0 Å². The Bertz CT molecular complexity index is 602. The quantitative estimate of drug-likeness (QED) is 0.579. The molecule has 2 amide bonds. The Hall–Kier alpha value is -1.90. The smallest absolute Gasteiger partial charge is 0.238 e. The maximum Gasteiger partial charge on any atom is 0.238 e. The van der Waals surface area contributed by atoms with Crippen molar-refractivity contribution in [3.63, 3.8) is 0 Å². The van der Waals surface area contributed by atoms with Gasteiger partial charge >= 0.3 is 0 Å². The topological polar surface area (TPSA) is 37.4 Å². The van der Waals surface area contributed by atoms with E-state index in [9.17, 15) is 9.59 Å².